The van der Waals surface area contributed by atoms with Crippen molar-refractivity contribution >= 4 is 28.2 Å². The van der Waals surface area contributed by atoms with E-state index in [1.807, 2.05) is 36.4 Å². The fourth-order valence-corrected chi connectivity index (χ4v) is 2.22. The van der Waals surface area contributed by atoms with Crippen molar-refractivity contribution in [3.05, 3.63) is 42.0 Å². The van der Waals surface area contributed by atoms with Crippen molar-refractivity contribution in [2.75, 3.05) is 12.4 Å². The molecule has 2 aromatic carbocycles. The third-order valence-electron chi connectivity index (χ3n) is 3.15. The Labute approximate surface area is 104 Å². The smallest absolute Gasteiger partial charge is 0.336 e. The number of carbonyl (C=O) groups is 2. The number of benzene rings is 2. The molecule has 3 rings (SSSR count). The van der Waals surface area contributed by atoms with E-state index >= 15 is 0 Å². The van der Waals surface area contributed by atoms with Crippen molar-refractivity contribution in [2.45, 2.75) is 6.04 Å². The second-order valence-electron chi connectivity index (χ2n) is 4.21. The fourth-order valence-electron chi connectivity index (χ4n) is 2.22. The van der Waals surface area contributed by atoms with Crippen LogP contribution in [0.3, 0.4) is 0 Å². The molecule has 1 aliphatic rings. The Morgan fingerprint density at radius 1 is 1.22 bits per heavy atom. The Bertz CT molecular complexity index is 663. The van der Waals surface area contributed by atoms with Gasteiger partial charge in [0.05, 0.1) is 7.11 Å². The SMILES string of the molecule is COC(=O)C1Nc2cc3ccccc3cc2C1=O. The highest BCUT2D eigenvalue weighted by Gasteiger charge is 2.36. The van der Waals surface area contributed by atoms with Crippen LogP contribution < -0.4 is 5.32 Å². The third kappa shape index (κ3) is 1.46. The molecule has 0 bridgehead atoms. The third-order valence-corrected chi connectivity index (χ3v) is 3.15. The molecule has 4 heteroatoms. The molecule has 0 aliphatic carbocycles. The van der Waals surface area contributed by atoms with Crippen molar-refractivity contribution in [3.63, 3.8) is 0 Å². The highest BCUT2D eigenvalue weighted by molar-refractivity contribution is 6.21. The van der Waals surface area contributed by atoms with Crippen LogP contribution in [0, 0.1) is 0 Å². The molecule has 1 atom stereocenters. The van der Waals surface area contributed by atoms with Crippen molar-refractivity contribution < 1.29 is 14.3 Å². The summed E-state index contributed by atoms with van der Waals surface area (Å²) in [6.45, 7) is 0. The number of methoxy groups -OCH3 is 1. The minimum atomic E-state index is -0.915. The first-order valence-corrected chi connectivity index (χ1v) is 5.62. The fraction of sp³-hybridized carbons (Fsp3) is 0.143. The largest absolute Gasteiger partial charge is 0.467 e. The van der Waals surface area contributed by atoms with E-state index in [1.165, 1.54) is 7.11 Å². The molecule has 2 aromatic rings. The van der Waals surface area contributed by atoms with Crippen LogP contribution in [0.1, 0.15) is 10.4 Å². The summed E-state index contributed by atoms with van der Waals surface area (Å²) >= 11 is 0. The van der Waals surface area contributed by atoms with Gasteiger partial charge < -0.3 is 10.1 Å². The molecule has 90 valence electrons. The highest BCUT2D eigenvalue weighted by Crippen LogP contribution is 2.30. The molecular weight excluding hydrogens is 230 g/mol. The van der Waals surface area contributed by atoms with E-state index in [9.17, 15) is 9.59 Å². The monoisotopic (exact) mass is 241 g/mol. The van der Waals surface area contributed by atoms with E-state index in [0.717, 1.165) is 10.8 Å². The Morgan fingerprint density at radius 2 is 1.89 bits per heavy atom. The van der Waals surface area contributed by atoms with E-state index in [0.29, 0.717) is 11.3 Å². The van der Waals surface area contributed by atoms with Gasteiger partial charge in [-0.1, -0.05) is 24.3 Å². The van der Waals surface area contributed by atoms with Gasteiger partial charge in [0.2, 0.25) is 0 Å². The molecule has 18 heavy (non-hydrogen) atoms. The summed E-state index contributed by atoms with van der Waals surface area (Å²) in [5, 5.41) is 4.92. The van der Waals surface area contributed by atoms with Gasteiger partial charge in [-0.2, -0.15) is 0 Å². The number of hydrogen-bond donors (Lipinski definition) is 1. The first-order valence-electron chi connectivity index (χ1n) is 5.62. The van der Waals surface area contributed by atoms with Crippen LogP contribution in [-0.4, -0.2) is 24.9 Å². The van der Waals surface area contributed by atoms with Gasteiger partial charge >= 0.3 is 5.97 Å². The number of hydrogen-bond acceptors (Lipinski definition) is 4. The van der Waals surface area contributed by atoms with Crippen molar-refractivity contribution in [1.29, 1.82) is 0 Å². The van der Waals surface area contributed by atoms with Crippen LogP contribution >= 0.6 is 0 Å². The second kappa shape index (κ2) is 3.84. The lowest BCUT2D eigenvalue weighted by Gasteiger charge is -2.06. The molecule has 1 heterocycles. The Morgan fingerprint density at radius 3 is 2.56 bits per heavy atom. The van der Waals surface area contributed by atoms with Crippen molar-refractivity contribution in [2.24, 2.45) is 0 Å². The van der Waals surface area contributed by atoms with Gasteiger partial charge in [0.25, 0.3) is 0 Å². The summed E-state index contributed by atoms with van der Waals surface area (Å²) < 4.78 is 4.61. The van der Waals surface area contributed by atoms with Crippen LogP contribution in [0.5, 0.6) is 0 Å². The minimum Gasteiger partial charge on any atom is -0.467 e. The molecule has 0 spiro atoms. The lowest BCUT2D eigenvalue weighted by atomic mass is 10.0. The van der Waals surface area contributed by atoms with Crippen LogP contribution in [0.4, 0.5) is 5.69 Å². The average Bonchev–Trinajstić information content (AvgIpc) is 2.72. The molecule has 0 saturated carbocycles. The molecule has 0 radical (unpaired) electrons. The molecule has 0 fully saturated rings. The highest BCUT2D eigenvalue weighted by atomic mass is 16.5. The van der Waals surface area contributed by atoms with E-state index in [2.05, 4.69) is 10.1 Å². The molecule has 0 aromatic heterocycles. The van der Waals surface area contributed by atoms with Crippen LogP contribution in [0.15, 0.2) is 36.4 Å². The molecule has 1 aliphatic heterocycles. The van der Waals surface area contributed by atoms with Crippen molar-refractivity contribution in [3.8, 4) is 0 Å². The van der Waals surface area contributed by atoms with Gasteiger partial charge in [-0.05, 0) is 22.9 Å². The van der Waals surface area contributed by atoms with E-state index in [4.69, 9.17) is 0 Å². The second-order valence-corrected chi connectivity index (χ2v) is 4.21. The maximum atomic E-state index is 12.1. The van der Waals surface area contributed by atoms with Crippen molar-refractivity contribution in [1.82, 2.24) is 0 Å². The molecule has 0 saturated heterocycles. The van der Waals surface area contributed by atoms with Gasteiger partial charge in [0.1, 0.15) is 0 Å². The maximum Gasteiger partial charge on any atom is 0.336 e. The van der Waals surface area contributed by atoms with E-state index < -0.39 is 12.0 Å². The number of anilines is 1. The summed E-state index contributed by atoms with van der Waals surface area (Å²) in [7, 11) is 1.27. The quantitative estimate of drug-likeness (QED) is 0.612. The first kappa shape index (κ1) is 10.8. The zero-order chi connectivity index (χ0) is 12.7. The van der Waals surface area contributed by atoms with Gasteiger partial charge in [-0.25, -0.2) is 4.79 Å². The summed E-state index contributed by atoms with van der Waals surface area (Å²) in [5.74, 6) is -0.789. The van der Waals surface area contributed by atoms with Gasteiger partial charge in [0, 0.05) is 11.3 Å². The lowest BCUT2D eigenvalue weighted by molar-refractivity contribution is -0.140. The number of esters is 1. The number of fused-ring (bicyclic) bond motifs is 2. The normalized spacial score (nSPS) is 17.4. The van der Waals surface area contributed by atoms with Crippen LogP contribution in [-0.2, 0) is 9.53 Å². The summed E-state index contributed by atoms with van der Waals surface area (Å²) in [6, 6.07) is 10.5. The van der Waals surface area contributed by atoms with Gasteiger partial charge in [-0.3, -0.25) is 4.79 Å². The number of Topliss-reactive ketones (excluding diaryl/α,β-unsaturated/α-hetero) is 1. The first-order chi connectivity index (χ1) is 8.70. The number of nitrogens with one attached hydrogen (secondary N) is 1. The molecule has 0 amide bonds. The molecule has 4 nitrogen and oxygen atoms in total. The molecule has 1 N–H and O–H groups in total. The summed E-state index contributed by atoms with van der Waals surface area (Å²) in [5.41, 5.74) is 1.23. The van der Waals surface area contributed by atoms with Crippen LogP contribution in [0.2, 0.25) is 0 Å². The summed E-state index contributed by atoms with van der Waals surface area (Å²) in [4.78, 5) is 23.6. The number of carbonyl (C=O) groups excluding carboxylic acids is 2. The topological polar surface area (TPSA) is 55.4 Å². The standard InChI is InChI=1S/C14H11NO3/c1-18-14(17)12-13(16)10-6-8-4-2-3-5-9(8)7-11(10)15-12/h2-7,12,15H,1H3. The minimum absolute atomic E-state index is 0.234. The zero-order valence-electron chi connectivity index (χ0n) is 9.77. The van der Waals surface area contributed by atoms with E-state index in [1.54, 1.807) is 0 Å². The maximum absolute atomic E-state index is 12.1. The Hall–Kier alpha value is -2.36. The zero-order valence-corrected chi connectivity index (χ0v) is 9.77. The molecule has 1 unspecified atom stereocenters. The lowest BCUT2D eigenvalue weighted by Crippen LogP contribution is -2.33. The van der Waals surface area contributed by atoms with Gasteiger partial charge in [-0.15, -0.1) is 0 Å². The van der Waals surface area contributed by atoms with Crippen LogP contribution in [0.25, 0.3) is 10.8 Å². The summed E-state index contributed by atoms with van der Waals surface area (Å²) in [6.07, 6.45) is 0. The average molecular weight is 241 g/mol. The predicted molar refractivity (Wildman–Crippen MR) is 67.7 cm³/mol. The molecular formula is C14H11NO3. The van der Waals surface area contributed by atoms with E-state index in [-0.39, 0.29) is 5.78 Å². The Balaban J connectivity index is 2.12. The predicted octanol–water partition coefficient (Wildman–Crippen LogP) is 1.99. The number of ether oxygens (including phenoxy) is 1. The number of rotatable bonds is 1. The number of ketones is 1. The Kier molecular flexibility index (Phi) is 2.30. The van der Waals surface area contributed by atoms with Gasteiger partial charge in [0.15, 0.2) is 11.8 Å².